The Balaban J connectivity index is 0.00000264. The van der Waals surface area contributed by atoms with Crippen LogP contribution in [0, 0.1) is 5.82 Å². The number of hydrogen-bond donors (Lipinski definition) is 2. The number of nitrogens with one attached hydrogen (secondary N) is 1. The van der Waals surface area contributed by atoms with Crippen molar-refractivity contribution >= 4 is 29.9 Å². The second-order valence-electron chi connectivity index (χ2n) is 5.92. The second-order valence-corrected chi connectivity index (χ2v) is 5.92. The molecule has 1 aliphatic heterocycles. The standard InChI is InChI=1S/C16H22FN3O2.ClH/c1-3-9-16(2,18)15(22)19-12-8-10-20(14(12)21)13-7-5-4-6-11(13)17;/h4-7,12H,3,8-10,18H2,1-2H3,(H,19,22);1H. The van der Waals surface area contributed by atoms with Crippen molar-refractivity contribution in [1.82, 2.24) is 5.32 Å². The van der Waals surface area contributed by atoms with Gasteiger partial charge < -0.3 is 16.0 Å². The summed E-state index contributed by atoms with van der Waals surface area (Å²) in [6.45, 7) is 3.97. The van der Waals surface area contributed by atoms with E-state index in [0.717, 1.165) is 6.42 Å². The van der Waals surface area contributed by atoms with Crippen molar-refractivity contribution in [1.29, 1.82) is 0 Å². The molecule has 0 aliphatic carbocycles. The number of para-hydroxylation sites is 1. The molecule has 0 spiro atoms. The van der Waals surface area contributed by atoms with Gasteiger partial charge in [-0.25, -0.2) is 4.39 Å². The maximum atomic E-state index is 13.8. The molecule has 2 amide bonds. The molecule has 23 heavy (non-hydrogen) atoms. The molecule has 5 nitrogen and oxygen atoms in total. The fourth-order valence-electron chi connectivity index (χ4n) is 2.68. The number of nitrogens with zero attached hydrogens (tertiary/aromatic N) is 1. The van der Waals surface area contributed by atoms with E-state index in [0.29, 0.717) is 19.4 Å². The van der Waals surface area contributed by atoms with Crippen LogP contribution in [-0.2, 0) is 9.59 Å². The quantitative estimate of drug-likeness (QED) is 0.858. The molecule has 0 radical (unpaired) electrons. The van der Waals surface area contributed by atoms with E-state index in [1.54, 1.807) is 25.1 Å². The van der Waals surface area contributed by atoms with Gasteiger partial charge in [-0.3, -0.25) is 9.59 Å². The Morgan fingerprint density at radius 3 is 2.74 bits per heavy atom. The van der Waals surface area contributed by atoms with Crippen LogP contribution in [0.4, 0.5) is 10.1 Å². The van der Waals surface area contributed by atoms with E-state index in [1.165, 1.54) is 11.0 Å². The van der Waals surface area contributed by atoms with Gasteiger partial charge in [0.05, 0.1) is 11.2 Å². The lowest BCUT2D eigenvalue weighted by atomic mass is 9.96. The highest BCUT2D eigenvalue weighted by Crippen LogP contribution is 2.24. The minimum Gasteiger partial charge on any atom is -0.343 e. The topological polar surface area (TPSA) is 75.4 Å². The van der Waals surface area contributed by atoms with Crippen LogP contribution < -0.4 is 16.0 Å². The van der Waals surface area contributed by atoms with Crippen LogP contribution in [0.2, 0.25) is 0 Å². The number of halogens is 2. The van der Waals surface area contributed by atoms with E-state index < -0.39 is 17.4 Å². The monoisotopic (exact) mass is 343 g/mol. The molecule has 1 aromatic carbocycles. The Labute approximate surface area is 141 Å². The van der Waals surface area contributed by atoms with Crippen molar-refractivity contribution < 1.29 is 14.0 Å². The first-order chi connectivity index (χ1) is 10.4. The van der Waals surface area contributed by atoms with Gasteiger partial charge in [-0.05, 0) is 31.9 Å². The average molecular weight is 344 g/mol. The highest BCUT2D eigenvalue weighted by atomic mass is 35.5. The fraction of sp³-hybridized carbons (Fsp3) is 0.500. The zero-order valence-corrected chi connectivity index (χ0v) is 14.2. The molecule has 1 aromatic rings. The SMILES string of the molecule is CCCC(C)(N)C(=O)NC1CCN(c2ccccc2F)C1=O.Cl. The van der Waals surface area contributed by atoms with Gasteiger partial charge in [0.1, 0.15) is 11.9 Å². The van der Waals surface area contributed by atoms with Crippen molar-refractivity contribution in [2.24, 2.45) is 5.73 Å². The minimum absolute atomic E-state index is 0. The number of hydrogen-bond acceptors (Lipinski definition) is 3. The summed E-state index contributed by atoms with van der Waals surface area (Å²) >= 11 is 0. The lowest BCUT2D eigenvalue weighted by Gasteiger charge is -2.25. The molecule has 0 saturated carbocycles. The summed E-state index contributed by atoms with van der Waals surface area (Å²) in [7, 11) is 0. The number of carbonyl (C=O) groups excluding carboxylic acids is 2. The van der Waals surface area contributed by atoms with Crippen molar-refractivity contribution in [3.63, 3.8) is 0 Å². The maximum absolute atomic E-state index is 13.8. The van der Waals surface area contributed by atoms with Gasteiger partial charge in [-0.2, -0.15) is 0 Å². The van der Waals surface area contributed by atoms with Gasteiger partial charge >= 0.3 is 0 Å². The summed E-state index contributed by atoms with van der Waals surface area (Å²) in [6.07, 6.45) is 1.76. The minimum atomic E-state index is -1.000. The van der Waals surface area contributed by atoms with Gasteiger partial charge in [-0.1, -0.05) is 25.5 Å². The number of amides is 2. The number of carbonyl (C=O) groups is 2. The molecule has 3 N–H and O–H groups in total. The molecule has 1 saturated heterocycles. The molecule has 2 rings (SSSR count). The summed E-state index contributed by atoms with van der Waals surface area (Å²) in [5, 5.41) is 2.70. The third-order valence-electron chi connectivity index (χ3n) is 3.94. The molecule has 0 bridgehead atoms. The molecule has 128 valence electrons. The van der Waals surface area contributed by atoms with E-state index >= 15 is 0 Å². The maximum Gasteiger partial charge on any atom is 0.249 e. The smallest absolute Gasteiger partial charge is 0.249 e. The van der Waals surface area contributed by atoms with Crippen LogP contribution in [0.15, 0.2) is 24.3 Å². The molecular weight excluding hydrogens is 321 g/mol. The van der Waals surface area contributed by atoms with E-state index in [-0.39, 0.29) is 29.9 Å². The fourth-order valence-corrected chi connectivity index (χ4v) is 2.68. The number of benzene rings is 1. The molecule has 2 unspecified atom stereocenters. The van der Waals surface area contributed by atoms with Crippen molar-refractivity contribution in [3.05, 3.63) is 30.1 Å². The summed E-state index contributed by atoms with van der Waals surface area (Å²) in [5.41, 5.74) is 5.21. The molecular formula is C16H23ClFN3O2. The molecule has 1 heterocycles. The van der Waals surface area contributed by atoms with E-state index in [4.69, 9.17) is 5.73 Å². The Morgan fingerprint density at radius 2 is 2.13 bits per heavy atom. The Hall–Kier alpha value is -1.66. The normalized spacial score (nSPS) is 19.9. The average Bonchev–Trinajstić information content (AvgIpc) is 2.81. The largest absolute Gasteiger partial charge is 0.343 e. The first-order valence-electron chi connectivity index (χ1n) is 7.52. The van der Waals surface area contributed by atoms with Crippen LogP contribution in [-0.4, -0.2) is 29.9 Å². The van der Waals surface area contributed by atoms with Crippen molar-refractivity contribution in [2.75, 3.05) is 11.4 Å². The van der Waals surface area contributed by atoms with Gasteiger partial charge in [0.2, 0.25) is 11.8 Å². The highest BCUT2D eigenvalue weighted by molar-refractivity contribution is 6.02. The van der Waals surface area contributed by atoms with Gasteiger partial charge in [0.25, 0.3) is 0 Å². The van der Waals surface area contributed by atoms with E-state index in [9.17, 15) is 14.0 Å². The summed E-state index contributed by atoms with van der Waals surface area (Å²) in [6, 6.07) is 5.47. The van der Waals surface area contributed by atoms with E-state index in [1.807, 2.05) is 6.92 Å². The predicted octanol–water partition coefficient (Wildman–Crippen LogP) is 1.99. The molecule has 7 heteroatoms. The van der Waals surface area contributed by atoms with Gasteiger partial charge in [0.15, 0.2) is 0 Å². The first-order valence-corrected chi connectivity index (χ1v) is 7.52. The molecule has 1 aliphatic rings. The zero-order chi connectivity index (χ0) is 16.3. The summed E-state index contributed by atoms with van der Waals surface area (Å²) in [5.74, 6) is -1.09. The van der Waals surface area contributed by atoms with Crippen molar-refractivity contribution in [2.45, 2.75) is 44.7 Å². The van der Waals surface area contributed by atoms with Crippen LogP contribution in [0.3, 0.4) is 0 Å². The first kappa shape index (κ1) is 19.4. The van der Waals surface area contributed by atoms with Crippen LogP contribution in [0.25, 0.3) is 0 Å². The number of nitrogens with two attached hydrogens (primary N) is 1. The van der Waals surface area contributed by atoms with Crippen LogP contribution in [0.1, 0.15) is 33.1 Å². The third kappa shape index (κ3) is 4.20. The highest BCUT2D eigenvalue weighted by Gasteiger charge is 2.37. The zero-order valence-electron chi connectivity index (χ0n) is 13.3. The van der Waals surface area contributed by atoms with Gasteiger partial charge in [-0.15, -0.1) is 12.4 Å². The van der Waals surface area contributed by atoms with Crippen LogP contribution >= 0.6 is 12.4 Å². The molecule has 0 aromatic heterocycles. The predicted molar refractivity (Wildman–Crippen MR) is 90.0 cm³/mol. The van der Waals surface area contributed by atoms with Crippen molar-refractivity contribution in [3.8, 4) is 0 Å². The Bertz CT molecular complexity index is 580. The van der Waals surface area contributed by atoms with Crippen LogP contribution in [0.5, 0.6) is 0 Å². The molecule has 1 fully saturated rings. The lowest BCUT2D eigenvalue weighted by Crippen LogP contribution is -2.55. The summed E-state index contributed by atoms with van der Waals surface area (Å²) in [4.78, 5) is 25.9. The van der Waals surface area contributed by atoms with E-state index in [2.05, 4.69) is 5.32 Å². The Morgan fingerprint density at radius 1 is 1.48 bits per heavy atom. The Kier molecular flexibility index (Phi) is 6.53. The second kappa shape index (κ2) is 7.75. The summed E-state index contributed by atoms with van der Waals surface area (Å²) < 4.78 is 13.8. The molecule has 2 atom stereocenters. The van der Waals surface area contributed by atoms with Gasteiger partial charge in [0, 0.05) is 6.54 Å². The lowest BCUT2D eigenvalue weighted by molar-refractivity contribution is -0.130. The number of anilines is 1. The number of rotatable bonds is 5. The third-order valence-corrected chi connectivity index (χ3v) is 3.94.